The Kier molecular flexibility index (Phi) is 3.94. The van der Waals surface area contributed by atoms with Crippen LogP contribution in [0, 0.1) is 6.92 Å². The van der Waals surface area contributed by atoms with Gasteiger partial charge in [-0.2, -0.15) is 5.10 Å². The molecule has 21 heavy (non-hydrogen) atoms. The van der Waals surface area contributed by atoms with Gasteiger partial charge < -0.3 is 5.32 Å². The van der Waals surface area contributed by atoms with Crippen LogP contribution in [0.3, 0.4) is 0 Å². The van der Waals surface area contributed by atoms with Gasteiger partial charge in [-0.3, -0.25) is 9.78 Å². The van der Waals surface area contributed by atoms with Crippen molar-refractivity contribution in [3.63, 3.8) is 0 Å². The van der Waals surface area contributed by atoms with E-state index >= 15 is 0 Å². The van der Waals surface area contributed by atoms with E-state index in [2.05, 4.69) is 20.4 Å². The Morgan fingerprint density at radius 1 is 1.19 bits per heavy atom. The third kappa shape index (κ3) is 3.26. The summed E-state index contributed by atoms with van der Waals surface area (Å²) in [6, 6.07) is 3.85. The molecule has 0 radical (unpaired) electrons. The molecule has 110 valence electrons. The molecule has 0 bridgehead atoms. The Bertz CT molecular complexity index is 644. The molecule has 2 heterocycles. The van der Waals surface area contributed by atoms with Crippen LogP contribution < -0.4 is 10.9 Å². The van der Waals surface area contributed by atoms with E-state index in [4.69, 9.17) is 0 Å². The molecule has 0 aliphatic heterocycles. The molecule has 1 fully saturated rings. The molecule has 1 aliphatic carbocycles. The average Bonchev–Trinajstić information content (AvgIpc) is 2.51. The average molecular weight is 285 g/mol. The Morgan fingerprint density at radius 2 is 2.00 bits per heavy atom. The predicted octanol–water partition coefficient (Wildman–Crippen LogP) is 1.94. The standard InChI is InChI=1S/C15H19N5O/c1-11-9-17-14(10-16-11)19-12-4-6-13(7-5-12)20-15(21)3-2-8-18-20/h2-3,8-10,12-13H,4-7H2,1H3,(H,17,19). The SMILES string of the molecule is Cc1cnc(NC2CCC(n3ncccc3=O)CC2)cn1. The first-order chi connectivity index (χ1) is 10.2. The van der Waals surface area contributed by atoms with E-state index in [-0.39, 0.29) is 11.6 Å². The lowest BCUT2D eigenvalue weighted by Crippen LogP contribution is -2.33. The van der Waals surface area contributed by atoms with Crippen molar-refractivity contribution in [1.29, 1.82) is 0 Å². The topological polar surface area (TPSA) is 72.7 Å². The zero-order valence-corrected chi connectivity index (χ0v) is 12.1. The first-order valence-corrected chi connectivity index (χ1v) is 7.31. The number of aryl methyl sites for hydroxylation is 1. The van der Waals surface area contributed by atoms with E-state index in [0.29, 0.717) is 6.04 Å². The Hall–Kier alpha value is -2.24. The van der Waals surface area contributed by atoms with E-state index < -0.39 is 0 Å². The van der Waals surface area contributed by atoms with Gasteiger partial charge in [0.05, 0.1) is 24.1 Å². The molecule has 1 saturated carbocycles. The number of hydrogen-bond acceptors (Lipinski definition) is 5. The molecule has 2 aromatic heterocycles. The maximum absolute atomic E-state index is 11.8. The summed E-state index contributed by atoms with van der Waals surface area (Å²) in [4.78, 5) is 20.4. The van der Waals surface area contributed by atoms with E-state index in [1.165, 1.54) is 0 Å². The fourth-order valence-corrected chi connectivity index (χ4v) is 2.78. The molecule has 3 rings (SSSR count). The van der Waals surface area contributed by atoms with Crippen LogP contribution in [0.15, 0.2) is 35.5 Å². The van der Waals surface area contributed by atoms with Gasteiger partial charge in [-0.15, -0.1) is 0 Å². The number of nitrogens with zero attached hydrogens (tertiary/aromatic N) is 4. The fourth-order valence-electron chi connectivity index (χ4n) is 2.78. The normalized spacial score (nSPS) is 22.0. The molecule has 0 unspecified atom stereocenters. The highest BCUT2D eigenvalue weighted by Crippen LogP contribution is 2.28. The third-order valence-electron chi connectivity index (χ3n) is 3.92. The van der Waals surface area contributed by atoms with Crippen molar-refractivity contribution in [1.82, 2.24) is 19.7 Å². The zero-order chi connectivity index (χ0) is 14.7. The van der Waals surface area contributed by atoms with Crippen LogP contribution in [-0.2, 0) is 0 Å². The molecule has 1 N–H and O–H groups in total. The summed E-state index contributed by atoms with van der Waals surface area (Å²) in [6.45, 7) is 1.92. The van der Waals surface area contributed by atoms with Crippen LogP contribution in [0.4, 0.5) is 5.82 Å². The monoisotopic (exact) mass is 285 g/mol. The second kappa shape index (κ2) is 6.03. The molecular formula is C15H19N5O. The number of aromatic nitrogens is 4. The largest absolute Gasteiger partial charge is 0.366 e. The fraction of sp³-hybridized carbons (Fsp3) is 0.467. The number of nitrogens with one attached hydrogen (secondary N) is 1. The number of hydrogen-bond donors (Lipinski definition) is 1. The molecule has 6 heteroatoms. The van der Waals surface area contributed by atoms with Crippen molar-refractivity contribution in [2.75, 3.05) is 5.32 Å². The van der Waals surface area contributed by atoms with Crippen LogP contribution in [0.1, 0.15) is 37.4 Å². The van der Waals surface area contributed by atoms with E-state index in [0.717, 1.165) is 37.2 Å². The Balaban J connectivity index is 1.59. The first kappa shape index (κ1) is 13.7. The summed E-state index contributed by atoms with van der Waals surface area (Å²) in [7, 11) is 0. The summed E-state index contributed by atoms with van der Waals surface area (Å²) in [5, 5.41) is 7.60. The van der Waals surface area contributed by atoms with E-state index in [1.54, 1.807) is 35.4 Å². The highest BCUT2D eigenvalue weighted by molar-refractivity contribution is 5.32. The van der Waals surface area contributed by atoms with Crippen LogP contribution in [-0.4, -0.2) is 25.8 Å². The molecule has 1 aliphatic rings. The van der Waals surface area contributed by atoms with Gasteiger partial charge in [0.15, 0.2) is 0 Å². The lowest BCUT2D eigenvalue weighted by molar-refractivity contribution is 0.303. The van der Waals surface area contributed by atoms with Crippen LogP contribution in [0.5, 0.6) is 0 Å². The maximum atomic E-state index is 11.8. The third-order valence-corrected chi connectivity index (χ3v) is 3.92. The van der Waals surface area contributed by atoms with Crippen molar-refractivity contribution in [3.05, 3.63) is 46.8 Å². The summed E-state index contributed by atoms with van der Waals surface area (Å²) in [6.07, 6.45) is 9.12. The van der Waals surface area contributed by atoms with Crippen LogP contribution in [0.25, 0.3) is 0 Å². The zero-order valence-electron chi connectivity index (χ0n) is 12.1. The Labute approximate surface area is 123 Å². The van der Waals surface area contributed by atoms with Gasteiger partial charge in [0.1, 0.15) is 5.82 Å². The summed E-state index contributed by atoms with van der Waals surface area (Å²) < 4.78 is 1.61. The number of rotatable bonds is 3. The second-order valence-corrected chi connectivity index (χ2v) is 5.50. The van der Waals surface area contributed by atoms with Gasteiger partial charge in [0.2, 0.25) is 0 Å². The van der Waals surface area contributed by atoms with Crippen molar-refractivity contribution in [3.8, 4) is 0 Å². The van der Waals surface area contributed by atoms with Gasteiger partial charge in [0.25, 0.3) is 5.56 Å². The summed E-state index contributed by atoms with van der Waals surface area (Å²) in [5.41, 5.74) is 0.900. The Morgan fingerprint density at radius 3 is 2.67 bits per heavy atom. The van der Waals surface area contributed by atoms with E-state index in [1.807, 2.05) is 6.92 Å². The molecule has 0 aromatic carbocycles. The van der Waals surface area contributed by atoms with Crippen LogP contribution >= 0.6 is 0 Å². The quantitative estimate of drug-likeness (QED) is 0.933. The van der Waals surface area contributed by atoms with Gasteiger partial charge >= 0.3 is 0 Å². The minimum absolute atomic E-state index is 0.0155. The molecule has 0 amide bonds. The summed E-state index contributed by atoms with van der Waals surface area (Å²) >= 11 is 0. The highest BCUT2D eigenvalue weighted by atomic mass is 16.1. The second-order valence-electron chi connectivity index (χ2n) is 5.50. The van der Waals surface area contributed by atoms with Gasteiger partial charge in [-0.25, -0.2) is 9.67 Å². The molecule has 0 spiro atoms. The van der Waals surface area contributed by atoms with E-state index in [9.17, 15) is 4.79 Å². The van der Waals surface area contributed by atoms with Crippen molar-refractivity contribution < 1.29 is 0 Å². The van der Waals surface area contributed by atoms with Crippen molar-refractivity contribution >= 4 is 5.82 Å². The molecule has 2 aromatic rings. The highest BCUT2D eigenvalue weighted by Gasteiger charge is 2.23. The van der Waals surface area contributed by atoms with Crippen molar-refractivity contribution in [2.24, 2.45) is 0 Å². The van der Waals surface area contributed by atoms with Gasteiger partial charge in [0, 0.05) is 18.3 Å². The maximum Gasteiger partial charge on any atom is 0.266 e. The lowest BCUT2D eigenvalue weighted by Gasteiger charge is -2.29. The number of anilines is 1. The smallest absolute Gasteiger partial charge is 0.266 e. The first-order valence-electron chi connectivity index (χ1n) is 7.31. The minimum Gasteiger partial charge on any atom is -0.366 e. The predicted molar refractivity (Wildman–Crippen MR) is 80.2 cm³/mol. The van der Waals surface area contributed by atoms with Crippen molar-refractivity contribution in [2.45, 2.75) is 44.7 Å². The molecular weight excluding hydrogens is 266 g/mol. The molecule has 0 atom stereocenters. The van der Waals surface area contributed by atoms with Crippen LogP contribution in [0.2, 0.25) is 0 Å². The minimum atomic E-state index is -0.0155. The van der Waals surface area contributed by atoms with Gasteiger partial charge in [-0.05, 0) is 38.7 Å². The lowest BCUT2D eigenvalue weighted by atomic mass is 9.91. The molecule has 0 saturated heterocycles. The molecule has 6 nitrogen and oxygen atoms in total. The summed E-state index contributed by atoms with van der Waals surface area (Å²) in [5.74, 6) is 0.819. The van der Waals surface area contributed by atoms with Gasteiger partial charge in [-0.1, -0.05) is 0 Å².